The maximum Gasteiger partial charge on any atom is 0.0637 e. The molecule has 0 radical (unpaired) electrons. The highest BCUT2D eigenvalue weighted by Gasteiger charge is 1.94. The molecule has 0 aromatic carbocycles. The number of hydrogen-bond acceptors (Lipinski definition) is 2. The Morgan fingerprint density at radius 1 is 1.55 bits per heavy atom. The van der Waals surface area contributed by atoms with E-state index in [0.717, 1.165) is 11.1 Å². The third-order valence-corrected chi connectivity index (χ3v) is 1.69. The minimum absolute atomic E-state index is 0.585. The zero-order valence-electron chi connectivity index (χ0n) is 6.07. The fraction of sp³-hybridized carbons (Fsp3) is 0.125. The Labute approximate surface area is 64.5 Å². The van der Waals surface area contributed by atoms with Gasteiger partial charge in [-0.1, -0.05) is 0 Å². The highest BCUT2D eigenvalue weighted by Crippen LogP contribution is 2.06. The Kier molecular flexibility index (Phi) is 1.36. The predicted molar refractivity (Wildman–Crippen MR) is 43.1 cm³/mol. The molecule has 0 aliphatic rings. The maximum atomic E-state index is 5.48. The van der Waals surface area contributed by atoms with Gasteiger partial charge in [-0.25, -0.2) is 0 Å². The first-order valence-electron chi connectivity index (χ1n) is 3.51. The fourth-order valence-corrected chi connectivity index (χ4v) is 1.13. The molecule has 2 N–H and O–H groups in total. The van der Waals surface area contributed by atoms with Gasteiger partial charge >= 0.3 is 0 Å². The first-order chi connectivity index (χ1) is 5.40. The molecule has 0 bridgehead atoms. The molecular formula is C8H9N3. The second-order valence-corrected chi connectivity index (χ2v) is 2.46. The molecule has 0 amide bonds. The molecule has 0 spiro atoms. The first kappa shape index (κ1) is 6.37. The lowest BCUT2D eigenvalue weighted by molar-refractivity contribution is 1.06. The summed E-state index contributed by atoms with van der Waals surface area (Å²) in [5.74, 6) is 0. The molecule has 3 heteroatoms. The van der Waals surface area contributed by atoms with Crippen LogP contribution in [0.3, 0.4) is 0 Å². The SMILES string of the molecule is NCc1cc2cnccn2c1. The zero-order valence-corrected chi connectivity index (χ0v) is 6.07. The Morgan fingerprint density at radius 2 is 2.45 bits per heavy atom. The van der Waals surface area contributed by atoms with Crippen molar-refractivity contribution >= 4 is 5.52 Å². The van der Waals surface area contributed by atoms with Crippen molar-refractivity contribution in [1.82, 2.24) is 9.38 Å². The predicted octanol–water partition coefficient (Wildman–Crippen LogP) is 0.793. The number of rotatable bonds is 1. The van der Waals surface area contributed by atoms with Gasteiger partial charge < -0.3 is 10.1 Å². The smallest absolute Gasteiger partial charge is 0.0637 e. The average molecular weight is 147 g/mol. The Hall–Kier alpha value is -1.35. The molecule has 0 aliphatic heterocycles. The van der Waals surface area contributed by atoms with E-state index in [1.54, 1.807) is 6.20 Å². The van der Waals surface area contributed by atoms with Crippen LogP contribution in [0.15, 0.2) is 30.9 Å². The van der Waals surface area contributed by atoms with Gasteiger partial charge in [-0.05, 0) is 11.6 Å². The van der Waals surface area contributed by atoms with E-state index in [-0.39, 0.29) is 0 Å². The topological polar surface area (TPSA) is 43.3 Å². The standard InChI is InChI=1S/C8H9N3/c9-4-7-3-8-5-10-1-2-11(8)6-7/h1-3,5-6H,4,9H2. The Balaban J connectivity index is 2.69. The molecule has 0 atom stereocenters. The lowest BCUT2D eigenvalue weighted by Gasteiger charge is -1.88. The van der Waals surface area contributed by atoms with Crippen molar-refractivity contribution in [2.24, 2.45) is 5.73 Å². The highest BCUT2D eigenvalue weighted by molar-refractivity contribution is 5.47. The third kappa shape index (κ3) is 0.991. The lowest BCUT2D eigenvalue weighted by atomic mass is 10.3. The van der Waals surface area contributed by atoms with Gasteiger partial charge in [0.1, 0.15) is 0 Å². The van der Waals surface area contributed by atoms with Crippen molar-refractivity contribution in [2.75, 3.05) is 0 Å². The van der Waals surface area contributed by atoms with Gasteiger partial charge in [-0.15, -0.1) is 0 Å². The summed E-state index contributed by atoms with van der Waals surface area (Å²) in [4.78, 5) is 4.00. The number of nitrogens with two attached hydrogens (primary N) is 1. The largest absolute Gasteiger partial charge is 0.326 e. The van der Waals surface area contributed by atoms with E-state index in [4.69, 9.17) is 5.73 Å². The monoisotopic (exact) mass is 147 g/mol. The number of nitrogens with zero attached hydrogens (tertiary/aromatic N) is 2. The normalized spacial score (nSPS) is 10.6. The van der Waals surface area contributed by atoms with Crippen molar-refractivity contribution in [3.05, 3.63) is 36.4 Å². The van der Waals surface area contributed by atoms with Crippen LogP contribution in [0.1, 0.15) is 5.56 Å². The number of hydrogen-bond donors (Lipinski definition) is 1. The molecule has 11 heavy (non-hydrogen) atoms. The van der Waals surface area contributed by atoms with Crippen molar-refractivity contribution < 1.29 is 0 Å². The zero-order chi connectivity index (χ0) is 7.68. The minimum Gasteiger partial charge on any atom is -0.326 e. The van der Waals surface area contributed by atoms with E-state index in [9.17, 15) is 0 Å². The molecule has 56 valence electrons. The lowest BCUT2D eigenvalue weighted by Crippen LogP contribution is -1.92. The maximum absolute atomic E-state index is 5.48. The fourth-order valence-electron chi connectivity index (χ4n) is 1.13. The van der Waals surface area contributed by atoms with Gasteiger partial charge in [0.2, 0.25) is 0 Å². The van der Waals surface area contributed by atoms with E-state index >= 15 is 0 Å². The van der Waals surface area contributed by atoms with Crippen LogP contribution in [0, 0.1) is 0 Å². The summed E-state index contributed by atoms with van der Waals surface area (Å²) in [6.07, 6.45) is 7.50. The van der Waals surface area contributed by atoms with Gasteiger partial charge in [-0.2, -0.15) is 0 Å². The second-order valence-electron chi connectivity index (χ2n) is 2.46. The van der Waals surface area contributed by atoms with Crippen LogP contribution in [0.4, 0.5) is 0 Å². The molecule has 0 aliphatic carbocycles. The molecular weight excluding hydrogens is 138 g/mol. The van der Waals surface area contributed by atoms with Gasteiger partial charge in [0, 0.05) is 25.1 Å². The molecule has 2 rings (SSSR count). The summed E-state index contributed by atoms with van der Waals surface area (Å²) >= 11 is 0. The molecule has 0 fully saturated rings. The van der Waals surface area contributed by atoms with Crippen LogP contribution in [0.5, 0.6) is 0 Å². The van der Waals surface area contributed by atoms with Gasteiger partial charge in [0.25, 0.3) is 0 Å². The van der Waals surface area contributed by atoms with Crippen LogP contribution in [-0.4, -0.2) is 9.38 Å². The van der Waals surface area contributed by atoms with Gasteiger partial charge in [0.05, 0.1) is 11.7 Å². The average Bonchev–Trinajstić information content (AvgIpc) is 2.46. The van der Waals surface area contributed by atoms with Crippen molar-refractivity contribution in [2.45, 2.75) is 6.54 Å². The Bertz CT molecular complexity index is 331. The molecule has 0 saturated carbocycles. The van der Waals surface area contributed by atoms with Crippen LogP contribution in [0.25, 0.3) is 5.52 Å². The van der Waals surface area contributed by atoms with Crippen molar-refractivity contribution in [3.63, 3.8) is 0 Å². The minimum atomic E-state index is 0.585. The first-order valence-corrected chi connectivity index (χ1v) is 3.51. The molecule has 0 unspecified atom stereocenters. The summed E-state index contributed by atoms with van der Waals surface area (Å²) in [7, 11) is 0. The number of fused-ring (bicyclic) bond motifs is 1. The van der Waals surface area contributed by atoms with E-state index in [2.05, 4.69) is 4.98 Å². The van der Waals surface area contributed by atoms with Crippen LogP contribution in [0.2, 0.25) is 0 Å². The number of aromatic nitrogens is 2. The van der Waals surface area contributed by atoms with E-state index in [0.29, 0.717) is 6.54 Å². The van der Waals surface area contributed by atoms with Gasteiger partial charge in [0.15, 0.2) is 0 Å². The quantitative estimate of drug-likeness (QED) is 0.648. The van der Waals surface area contributed by atoms with Crippen molar-refractivity contribution in [1.29, 1.82) is 0 Å². The van der Waals surface area contributed by atoms with E-state index in [1.165, 1.54) is 0 Å². The molecule has 0 saturated heterocycles. The molecule has 2 aromatic rings. The summed E-state index contributed by atoms with van der Waals surface area (Å²) < 4.78 is 2.01. The molecule has 3 nitrogen and oxygen atoms in total. The van der Waals surface area contributed by atoms with E-state index in [1.807, 2.05) is 29.1 Å². The van der Waals surface area contributed by atoms with Crippen LogP contribution >= 0.6 is 0 Å². The van der Waals surface area contributed by atoms with E-state index < -0.39 is 0 Å². The summed E-state index contributed by atoms with van der Waals surface area (Å²) in [6, 6.07) is 2.03. The van der Waals surface area contributed by atoms with Crippen molar-refractivity contribution in [3.8, 4) is 0 Å². The molecule has 2 aromatic heterocycles. The summed E-state index contributed by atoms with van der Waals surface area (Å²) in [6.45, 7) is 0.585. The van der Waals surface area contributed by atoms with Crippen LogP contribution < -0.4 is 5.73 Å². The highest BCUT2D eigenvalue weighted by atomic mass is 14.9. The summed E-state index contributed by atoms with van der Waals surface area (Å²) in [5.41, 5.74) is 7.71. The van der Waals surface area contributed by atoms with Gasteiger partial charge in [-0.3, -0.25) is 4.98 Å². The third-order valence-electron chi connectivity index (χ3n) is 1.69. The second kappa shape index (κ2) is 2.36. The Morgan fingerprint density at radius 3 is 3.18 bits per heavy atom. The van der Waals surface area contributed by atoms with Crippen LogP contribution in [-0.2, 0) is 6.54 Å². The molecule has 2 heterocycles. The summed E-state index contributed by atoms with van der Waals surface area (Å²) in [5, 5.41) is 0.